The molecular weight excluding hydrogens is 355 g/mol. The highest BCUT2D eigenvalue weighted by Crippen LogP contribution is 2.33. The molecule has 0 atom stereocenters. The molecule has 108 valence electrons. The molecule has 0 spiro atoms. The number of aryl methyl sites for hydroxylation is 1. The lowest BCUT2D eigenvalue weighted by Crippen LogP contribution is -2.09. The molecular formula is C14H12BrFN4S. The number of hydrogen-bond acceptors (Lipinski definition) is 5. The lowest BCUT2D eigenvalue weighted by atomic mass is 10.2. The zero-order valence-electron chi connectivity index (χ0n) is 11.2. The highest BCUT2D eigenvalue weighted by Gasteiger charge is 2.14. The number of fused-ring (bicyclic) bond motifs is 1. The van der Waals surface area contributed by atoms with Gasteiger partial charge in [0, 0.05) is 14.9 Å². The van der Waals surface area contributed by atoms with Crippen LogP contribution in [-0.2, 0) is 6.42 Å². The second kappa shape index (κ2) is 5.67. The van der Waals surface area contributed by atoms with E-state index in [4.69, 9.17) is 5.84 Å². The van der Waals surface area contributed by atoms with Crippen LogP contribution in [0.25, 0.3) is 21.6 Å². The number of halogens is 2. The Morgan fingerprint density at radius 1 is 1.33 bits per heavy atom. The van der Waals surface area contributed by atoms with Crippen LogP contribution in [0, 0.1) is 5.82 Å². The first-order chi connectivity index (χ1) is 10.1. The third kappa shape index (κ3) is 2.64. The Morgan fingerprint density at radius 2 is 2.14 bits per heavy atom. The monoisotopic (exact) mass is 366 g/mol. The van der Waals surface area contributed by atoms with Gasteiger partial charge in [-0.3, -0.25) is 0 Å². The summed E-state index contributed by atoms with van der Waals surface area (Å²) in [6, 6.07) is 6.47. The molecule has 4 nitrogen and oxygen atoms in total. The van der Waals surface area contributed by atoms with E-state index in [1.165, 1.54) is 17.0 Å². The third-order valence-electron chi connectivity index (χ3n) is 3.10. The standard InChI is InChI=1S/C14H12BrFN4S/c1-2-8-6-10-13(20-17)18-12(19-14(10)21-8)9-4-3-7(16)5-11(9)15/h3-6H,2,17H2,1H3,(H,18,19,20). The first-order valence-electron chi connectivity index (χ1n) is 6.35. The van der Waals surface area contributed by atoms with Gasteiger partial charge in [-0.05, 0) is 46.6 Å². The Kier molecular flexibility index (Phi) is 3.88. The maximum Gasteiger partial charge on any atom is 0.164 e. The molecule has 0 bridgehead atoms. The number of thiophene rings is 1. The van der Waals surface area contributed by atoms with Gasteiger partial charge in [0.15, 0.2) is 11.6 Å². The summed E-state index contributed by atoms with van der Waals surface area (Å²) in [4.78, 5) is 11.1. The number of nitrogens with zero attached hydrogens (tertiary/aromatic N) is 2. The van der Waals surface area contributed by atoms with Crippen molar-refractivity contribution in [1.29, 1.82) is 0 Å². The van der Waals surface area contributed by atoms with Gasteiger partial charge in [-0.15, -0.1) is 11.3 Å². The Morgan fingerprint density at radius 3 is 2.81 bits per heavy atom. The van der Waals surface area contributed by atoms with Crippen molar-refractivity contribution < 1.29 is 4.39 Å². The van der Waals surface area contributed by atoms with Gasteiger partial charge in [0.2, 0.25) is 0 Å². The predicted molar refractivity (Wildman–Crippen MR) is 87.7 cm³/mol. The van der Waals surface area contributed by atoms with Crippen LogP contribution >= 0.6 is 27.3 Å². The number of nitrogens with one attached hydrogen (secondary N) is 1. The Labute approximate surface area is 133 Å². The number of nitrogens with two attached hydrogens (primary N) is 1. The van der Waals surface area contributed by atoms with Crippen LogP contribution in [-0.4, -0.2) is 9.97 Å². The Hall–Kier alpha value is -1.57. The Bertz CT molecular complexity index is 818. The van der Waals surface area contributed by atoms with Gasteiger partial charge in [-0.25, -0.2) is 20.2 Å². The predicted octanol–water partition coefficient (Wildman–Crippen LogP) is 4.11. The quantitative estimate of drug-likeness (QED) is 0.540. The average Bonchev–Trinajstić information content (AvgIpc) is 2.89. The van der Waals surface area contributed by atoms with Gasteiger partial charge in [0.05, 0.1) is 5.39 Å². The van der Waals surface area contributed by atoms with E-state index in [0.717, 1.165) is 22.2 Å². The van der Waals surface area contributed by atoms with Crippen molar-refractivity contribution in [2.24, 2.45) is 5.84 Å². The lowest BCUT2D eigenvalue weighted by molar-refractivity contribution is 0.627. The molecule has 0 amide bonds. The minimum atomic E-state index is -0.312. The summed E-state index contributed by atoms with van der Waals surface area (Å²) < 4.78 is 13.8. The molecule has 0 radical (unpaired) electrons. The summed E-state index contributed by atoms with van der Waals surface area (Å²) >= 11 is 4.95. The van der Waals surface area contributed by atoms with Gasteiger partial charge < -0.3 is 5.43 Å². The molecule has 7 heteroatoms. The number of aromatic nitrogens is 2. The molecule has 21 heavy (non-hydrogen) atoms. The van der Waals surface area contributed by atoms with E-state index < -0.39 is 0 Å². The molecule has 3 rings (SSSR count). The first kappa shape index (κ1) is 14.4. The minimum Gasteiger partial charge on any atom is -0.308 e. The van der Waals surface area contributed by atoms with Crippen molar-refractivity contribution in [1.82, 2.24) is 9.97 Å². The Balaban J connectivity index is 2.23. The van der Waals surface area contributed by atoms with Crippen molar-refractivity contribution in [2.75, 3.05) is 5.43 Å². The molecule has 0 unspecified atom stereocenters. The molecule has 0 aliphatic heterocycles. The zero-order valence-corrected chi connectivity index (χ0v) is 13.6. The second-order valence-electron chi connectivity index (χ2n) is 4.45. The third-order valence-corrected chi connectivity index (χ3v) is 4.93. The maximum absolute atomic E-state index is 13.2. The van der Waals surface area contributed by atoms with Crippen LogP contribution in [0.4, 0.5) is 10.2 Å². The highest BCUT2D eigenvalue weighted by molar-refractivity contribution is 9.10. The minimum absolute atomic E-state index is 0.312. The van der Waals surface area contributed by atoms with E-state index in [0.29, 0.717) is 16.1 Å². The molecule has 3 aromatic rings. The zero-order chi connectivity index (χ0) is 15.0. The number of hydrogen-bond donors (Lipinski definition) is 2. The van der Waals surface area contributed by atoms with Crippen LogP contribution in [0.1, 0.15) is 11.8 Å². The maximum atomic E-state index is 13.2. The fourth-order valence-corrected chi connectivity index (χ4v) is 3.54. The first-order valence-corrected chi connectivity index (χ1v) is 7.95. The normalized spacial score (nSPS) is 11.0. The largest absolute Gasteiger partial charge is 0.308 e. The van der Waals surface area contributed by atoms with Gasteiger partial charge in [0.25, 0.3) is 0 Å². The summed E-state index contributed by atoms with van der Waals surface area (Å²) in [5.74, 6) is 6.33. The van der Waals surface area contributed by atoms with Crippen LogP contribution in [0.2, 0.25) is 0 Å². The fraction of sp³-hybridized carbons (Fsp3) is 0.143. The van der Waals surface area contributed by atoms with Gasteiger partial charge in [0.1, 0.15) is 10.6 Å². The molecule has 3 N–H and O–H groups in total. The molecule has 2 aromatic heterocycles. The molecule has 0 aliphatic rings. The van der Waals surface area contributed by atoms with E-state index >= 15 is 0 Å². The van der Waals surface area contributed by atoms with Crippen LogP contribution in [0.15, 0.2) is 28.7 Å². The van der Waals surface area contributed by atoms with Crippen LogP contribution in [0.5, 0.6) is 0 Å². The summed E-state index contributed by atoms with van der Waals surface area (Å²) in [6.07, 6.45) is 0.931. The molecule has 0 saturated carbocycles. The van der Waals surface area contributed by atoms with Gasteiger partial charge >= 0.3 is 0 Å². The van der Waals surface area contributed by atoms with E-state index in [9.17, 15) is 4.39 Å². The van der Waals surface area contributed by atoms with Crippen molar-refractivity contribution >= 4 is 43.3 Å². The SMILES string of the molecule is CCc1cc2c(NN)nc(-c3ccc(F)cc3Br)nc2s1. The average molecular weight is 367 g/mol. The summed E-state index contributed by atoms with van der Waals surface area (Å²) in [5.41, 5.74) is 3.34. The van der Waals surface area contributed by atoms with E-state index in [2.05, 4.69) is 38.2 Å². The summed E-state index contributed by atoms with van der Waals surface area (Å²) in [7, 11) is 0. The smallest absolute Gasteiger partial charge is 0.164 e. The topological polar surface area (TPSA) is 63.8 Å². The van der Waals surface area contributed by atoms with E-state index in [1.54, 1.807) is 17.4 Å². The molecule has 0 aliphatic carbocycles. The van der Waals surface area contributed by atoms with Gasteiger partial charge in [-0.1, -0.05) is 6.92 Å². The fourth-order valence-electron chi connectivity index (χ4n) is 2.05. The number of nitrogen functional groups attached to an aromatic ring is 1. The molecule has 2 heterocycles. The lowest BCUT2D eigenvalue weighted by Gasteiger charge is -2.07. The number of hydrazine groups is 1. The number of anilines is 1. The number of rotatable bonds is 3. The van der Waals surface area contributed by atoms with E-state index in [-0.39, 0.29) is 5.82 Å². The summed E-state index contributed by atoms with van der Waals surface area (Å²) in [6.45, 7) is 2.09. The van der Waals surface area contributed by atoms with Crippen molar-refractivity contribution in [3.05, 3.63) is 39.4 Å². The molecule has 1 aromatic carbocycles. The second-order valence-corrected chi connectivity index (χ2v) is 6.42. The van der Waals surface area contributed by atoms with Crippen molar-refractivity contribution in [3.8, 4) is 11.4 Å². The van der Waals surface area contributed by atoms with Crippen LogP contribution < -0.4 is 11.3 Å². The van der Waals surface area contributed by atoms with Crippen LogP contribution in [0.3, 0.4) is 0 Å². The van der Waals surface area contributed by atoms with Gasteiger partial charge in [-0.2, -0.15) is 0 Å². The summed E-state index contributed by atoms with van der Waals surface area (Å²) in [5, 5.41) is 0.904. The van der Waals surface area contributed by atoms with E-state index in [1.807, 2.05) is 6.07 Å². The molecule has 0 saturated heterocycles. The van der Waals surface area contributed by atoms with Crippen molar-refractivity contribution in [2.45, 2.75) is 13.3 Å². The number of benzene rings is 1. The van der Waals surface area contributed by atoms with Crippen molar-refractivity contribution in [3.63, 3.8) is 0 Å². The highest BCUT2D eigenvalue weighted by atomic mass is 79.9. The molecule has 0 fully saturated rings.